The van der Waals surface area contributed by atoms with Crippen molar-refractivity contribution in [2.45, 2.75) is 162 Å². The first-order valence-electron chi connectivity index (χ1n) is 15.4. The number of esters is 1. The Kier molecular flexibility index (Phi) is 13.2. The Bertz CT molecular complexity index is 786. The number of hydrogen-bond acceptors (Lipinski definition) is 5. The van der Waals surface area contributed by atoms with Crippen LogP contribution in [0.5, 0.6) is 0 Å². The summed E-state index contributed by atoms with van der Waals surface area (Å²) in [4.78, 5) is 12.4. The van der Waals surface area contributed by atoms with E-state index in [0.29, 0.717) is 19.4 Å². The maximum Gasteiger partial charge on any atom is 0.311 e. The fraction of sp³-hybridized carbons (Fsp3) is 0.906. The van der Waals surface area contributed by atoms with Gasteiger partial charge >= 0.3 is 5.97 Å². The minimum Gasteiger partial charge on any atom is -0.465 e. The van der Waals surface area contributed by atoms with Crippen molar-refractivity contribution >= 4 is 22.6 Å². The topological polar surface area (TPSA) is 65.0 Å². The molecule has 1 aliphatic rings. The molecular formula is C32H64O5Si2. The Morgan fingerprint density at radius 2 is 1.51 bits per heavy atom. The van der Waals surface area contributed by atoms with Gasteiger partial charge in [-0.2, -0.15) is 0 Å². The summed E-state index contributed by atoms with van der Waals surface area (Å²) < 4.78 is 19.5. The highest BCUT2D eigenvalue weighted by molar-refractivity contribution is 6.74. The van der Waals surface area contributed by atoms with Crippen molar-refractivity contribution in [2.24, 2.45) is 17.3 Å². The van der Waals surface area contributed by atoms with Crippen molar-refractivity contribution in [2.75, 3.05) is 6.61 Å². The van der Waals surface area contributed by atoms with Gasteiger partial charge in [0.1, 0.15) is 0 Å². The van der Waals surface area contributed by atoms with Crippen LogP contribution in [0.3, 0.4) is 0 Å². The normalized spacial score (nSPS) is 24.4. The molecule has 0 radical (unpaired) electrons. The van der Waals surface area contributed by atoms with Crippen LogP contribution in [0.25, 0.3) is 0 Å². The Labute approximate surface area is 244 Å². The number of aliphatic hydroxyl groups is 1. The third-order valence-electron chi connectivity index (χ3n) is 9.33. The van der Waals surface area contributed by atoms with E-state index in [4.69, 9.17) is 13.6 Å². The van der Waals surface area contributed by atoms with Crippen LogP contribution in [0, 0.1) is 17.3 Å². The first-order valence-corrected chi connectivity index (χ1v) is 21.2. The van der Waals surface area contributed by atoms with Crippen LogP contribution in [0.4, 0.5) is 0 Å². The molecular weight excluding hydrogens is 521 g/mol. The summed E-state index contributed by atoms with van der Waals surface area (Å²) in [6.07, 6.45) is 9.85. The van der Waals surface area contributed by atoms with Crippen LogP contribution in [-0.4, -0.2) is 52.6 Å². The number of unbranched alkanes of at least 4 members (excludes halogenated alkanes) is 2. The van der Waals surface area contributed by atoms with E-state index in [1.54, 1.807) is 0 Å². The molecule has 1 fully saturated rings. The lowest BCUT2D eigenvalue weighted by Crippen LogP contribution is -2.45. The fourth-order valence-corrected chi connectivity index (χ4v) is 7.21. The van der Waals surface area contributed by atoms with Gasteiger partial charge in [0.25, 0.3) is 0 Å². The quantitative estimate of drug-likeness (QED) is 0.101. The largest absolute Gasteiger partial charge is 0.465 e. The predicted octanol–water partition coefficient (Wildman–Crippen LogP) is 8.88. The smallest absolute Gasteiger partial charge is 0.311 e. The average molecular weight is 585 g/mol. The molecule has 1 rings (SSSR count). The Balaban J connectivity index is 3.27. The molecule has 5 nitrogen and oxygen atoms in total. The Hall–Kier alpha value is -0.476. The maximum atomic E-state index is 12.4. The van der Waals surface area contributed by atoms with Crippen LogP contribution in [0.15, 0.2) is 12.2 Å². The Morgan fingerprint density at radius 3 is 2.00 bits per heavy atom. The second-order valence-corrected chi connectivity index (χ2v) is 25.4. The lowest BCUT2D eigenvalue weighted by Gasteiger charge is -2.40. The van der Waals surface area contributed by atoms with Crippen LogP contribution in [0.2, 0.25) is 36.3 Å². The summed E-state index contributed by atoms with van der Waals surface area (Å²) in [6.45, 7) is 31.0. The first-order chi connectivity index (χ1) is 17.5. The minimum atomic E-state index is -2.04. The van der Waals surface area contributed by atoms with Gasteiger partial charge in [-0.15, -0.1) is 0 Å². The van der Waals surface area contributed by atoms with Crippen LogP contribution in [0.1, 0.15) is 108 Å². The molecule has 0 bridgehead atoms. The second-order valence-electron chi connectivity index (χ2n) is 15.9. The highest BCUT2D eigenvalue weighted by atomic mass is 28.4. The van der Waals surface area contributed by atoms with E-state index in [9.17, 15) is 9.90 Å². The van der Waals surface area contributed by atoms with Crippen molar-refractivity contribution in [3.8, 4) is 0 Å². The summed E-state index contributed by atoms with van der Waals surface area (Å²) in [5, 5.41) is 11.4. The van der Waals surface area contributed by atoms with Crippen LogP contribution in [-0.2, 0) is 18.4 Å². The zero-order valence-corrected chi connectivity index (χ0v) is 30.1. The molecule has 0 amide bonds. The van der Waals surface area contributed by atoms with Crippen molar-refractivity contribution in [3.63, 3.8) is 0 Å². The number of carbonyl (C=O) groups is 1. The van der Waals surface area contributed by atoms with E-state index < -0.39 is 28.2 Å². The van der Waals surface area contributed by atoms with E-state index in [1.165, 1.54) is 12.8 Å². The summed E-state index contributed by atoms with van der Waals surface area (Å²) >= 11 is 0. The van der Waals surface area contributed by atoms with Crippen LogP contribution >= 0.6 is 0 Å². The van der Waals surface area contributed by atoms with Crippen molar-refractivity contribution in [1.29, 1.82) is 0 Å². The van der Waals surface area contributed by atoms with Crippen molar-refractivity contribution in [3.05, 3.63) is 12.2 Å². The molecule has 0 spiro atoms. The lowest BCUT2D eigenvalue weighted by molar-refractivity contribution is -0.153. The van der Waals surface area contributed by atoms with Gasteiger partial charge in [0.2, 0.25) is 0 Å². The van der Waals surface area contributed by atoms with Gasteiger partial charge < -0.3 is 18.7 Å². The molecule has 230 valence electrons. The number of aliphatic hydroxyl groups excluding tert-OH is 1. The predicted molar refractivity (Wildman–Crippen MR) is 170 cm³/mol. The number of ether oxygens (including phenoxy) is 1. The second kappa shape index (κ2) is 14.1. The van der Waals surface area contributed by atoms with E-state index in [2.05, 4.69) is 86.8 Å². The van der Waals surface area contributed by atoms with Gasteiger partial charge in [-0.05, 0) is 82.2 Å². The third-order valence-corrected chi connectivity index (χ3v) is 18.3. The molecule has 0 aromatic heterocycles. The summed E-state index contributed by atoms with van der Waals surface area (Å²) in [7, 11) is -3.99. The lowest BCUT2D eigenvalue weighted by atomic mass is 9.90. The molecule has 39 heavy (non-hydrogen) atoms. The standard InChI is InChI=1S/C32H64O5Si2/c1-15-16-17-18-24(36-38(11,12)31(5,6)7)19-20-26-25(21-22-35-29(34)30(2,3)4)27(33)23-28(26)37-39(13,14)32(8,9)10/h19-20,24-28,33H,15-18,21-23H2,1-14H3/b20-19+/t24-,25+,26+,27-,28+/m0/s1. The van der Waals surface area contributed by atoms with Crippen LogP contribution < -0.4 is 0 Å². The van der Waals surface area contributed by atoms with Gasteiger partial charge in [-0.1, -0.05) is 79.9 Å². The van der Waals surface area contributed by atoms with Gasteiger partial charge in [0, 0.05) is 5.92 Å². The molecule has 0 unspecified atom stereocenters. The van der Waals surface area contributed by atoms with E-state index >= 15 is 0 Å². The molecule has 0 aromatic rings. The molecule has 0 heterocycles. The zero-order chi connectivity index (χ0) is 30.4. The maximum absolute atomic E-state index is 12.4. The number of hydrogen-bond donors (Lipinski definition) is 1. The number of carbonyl (C=O) groups excluding carboxylic acids is 1. The molecule has 1 aliphatic carbocycles. The third kappa shape index (κ3) is 11.0. The van der Waals surface area contributed by atoms with Gasteiger partial charge in [-0.25, -0.2) is 0 Å². The van der Waals surface area contributed by atoms with E-state index in [-0.39, 0.29) is 40.1 Å². The fourth-order valence-electron chi connectivity index (χ4n) is 4.54. The van der Waals surface area contributed by atoms with Gasteiger partial charge in [0.15, 0.2) is 16.6 Å². The monoisotopic (exact) mass is 584 g/mol. The molecule has 0 aromatic carbocycles. The molecule has 5 atom stereocenters. The van der Waals surface area contributed by atoms with Crippen molar-refractivity contribution in [1.82, 2.24) is 0 Å². The first kappa shape index (κ1) is 36.5. The molecule has 7 heteroatoms. The minimum absolute atomic E-state index is 0.0204. The van der Waals surface area contributed by atoms with E-state index in [1.807, 2.05) is 20.8 Å². The van der Waals surface area contributed by atoms with E-state index in [0.717, 1.165) is 12.8 Å². The average Bonchev–Trinajstić information content (AvgIpc) is 3.02. The van der Waals surface area contributed by atoms with Gasteiger partial charge in [-0.3, -0.25) is 4.79 Å². The highest BCUT2D eigenvalue weighted by Gasteiger charge is 2.47. The van der Waals surface area contributed by atoms with Crippen molar-refractivity contribution < 1.29 is 23.5 Å². The van der Waals surface area contributed by atoms with Gasteiger partial charge in [0.05, 0.1) is 30.3 Å². The number of rotatable bonds is 13. The molecule has 1 N–H and O–H groups in total. The molecule has 1 saturated carbocycles. The molecule has 0 saturated heterocycles. The summed E-state index contributed by atoms with van der Waals surface area (Å²) in [6, 6.07) is 0. The molecule has 0 aliphatic heterocycles. The summed E-state index contributed by atoms with van der Waals surface area (Å²) in [5.74, 6) is -0.165. The summed E-state index contributed by atoms with van der Waals surface area (Å²) in [5.41, 5.74) is -0.533. The Morgan fingerprint density at radius 1 is 0.949 bits per heavy atom. The SMILES string of the molecule is CCCCC[C@@H](/C=C/[C@@H]1[C@@H](CCOC(=O)C(C)(C)C)[C@@H](O)C[C@H]1O[Si](C)(C)C(C)(C)C)O[Si](C)(C)C(C)(C)C. The zero-order valence-electron chi connectivity index (χ0n) is 28.1. The highest BCUT2D eigenvalue weighted by Crippen LogP contribution is 2.44.